The van der Waals surface area contributed by atoms with Crippen molar-refractivity contribution >= 4 is 5.97 Å². The largest absolute Gasteiger partial charge is 0.457 e. The third-order valence-electron chi connectivity index (χ3n) is 4.39. The molecule has 0 heterocycles. The van der Waals surface area contributed by atoms with E-state index in [1.807, 2.05) is 20.8 Å². The van der Waals surface area contributed by atoms with Gasteiger partial charge in [0.1, 0.15) is 6.10 Å². The molecule has 0 spiro atoms. The molecule has 2 rings (SSSR count). The van der Waals surface area contributed by atoms with Crippen LogP contribution in [0.2, 0.25) is 0 Å². The van der Waals surface area contributed by atoms with E-state index in [2.05, 4.69) is 18.2 Å². The number of fused-ring (bicyclic) bond motifs is 1. The van der Waals surface area contributed by atoms with E-state index in [0.29, 0.717) is 5.92 Å². The Kier molecular flexibility index (Phi) is 3.94. The maximum atomic E-state index is 12.2. The number of carbonyl (C=O) groups excluding carboxylic acids is 1. The molecule has 100 valence electrons. The number of hydrogen-bond donors (Lipinski definition) is 0. The second-order valence-electron chi connectivity index (χ2n) is 6.09. The van der Waals surface area contributed by atoms with Gasteiger partial charge in [0.2, 0.25) is 0 Å². The fourth-order valence-electron chi connectivity index (χ4n) is 2.63. The highest BCUT2D eigenvalue weighted by atomic mass is 16.5. The van der Waals surface area contributed by atoms with E-state index in [0.717, 1.165) is 19.3 Å². The Bertz CT molecular complexity index is 377. The third-order valence-corrected chi connectivity index (χ3v) is 4.39. The van der Waals surface area contributed by atoms with Crippen LogP contribution in [0.5, 0.6) is 0 Å². The van der Waals surface area contributed by atoms with E-state index in [9.17, 15) is 4.79 Å². The summed E-state index contributed by atoms with van der Waals surface area (Å²) in [6.07, 6.45) is 11.8. The first-order valence-electron chi connectivity index (χ1n) is 7.12. The minimum Gasteiger partial charge on any atom is -0.457 e. The van der Waals surface area contributed by atoms with E-state index in [1.165, 1.54) is 18.4 Å². The minimum absolute atomic E-state index is 0.0204. The quantitative estimate of drug-likeness (QED) is 0.705. The van der Waals surface area contributed by atoms with Crippen LogP contribution in [0.4, 0.5) is 0 Å². The van der Waals surface area contributed by atoms with Crippen LogP contribution in [0.15, 0.2) is 23.8 Å². The van der Waals surface area contributed by atoms with Crippen molar-refractivity contribution in [3.63, 3.8) is 0 Å². The second-order valence-corrected chi connectivity index (χ2v) is 6.09. The lowest BCUT2D eigenvalue weighted by molar-refractivity contribution is -0.159. The van der Waals surface area contributed by atoms with Gasteiger partial charge in [-0.15, -0.1) is 0 Å². The molecule has 0 aromatic rings. The van der Waals surface area contributed by atoms with Gasteiger partial charge in [0, 0.05) is 0 Å². The van der Waals surface area contributed by atoms with E-state index >= 15 is 0 Å². The maximum Gasteiger partial charge on any atom is 0.312 e. The standard InChI is InChI=1S/C16H24O2/c1-4-16(2,3)15(17)18-14-11-7-9-12-8-5-6-10-13(12)14/h5-6,10,12,14H,4,7-9,11H2,1-3H3. The van der Waals surface area contributed by atoms with Gasteiger partial charge in [-0.3, -0.25) is 4.79 Å². The highest BCUT2D eigenvalue weighted by Crippen LogP contribution is 2.37. The first kappa shape index (κ1) is 13.4. The SMILES string of the molecule is CCC(C)(C)C(=O)OC1CCCC2CC=CC=C21. The van der Waals surface area contributed by atoms with E-state index in [1.54, 1.807) is 0 Å². The molecule has 2 atom stereocenters. The lowest BCUT2D eigenvalue weighted by Crippen LogP contribution is -2.34. The van der Waals surface area contributed by atoms with E-state index in [4.69, 9.17) is 4.74 Å². The fourth-order valence-corrected chi connectivity index (χ4v) is 2.63. The van der Waals surface area contributed by atoms with Gasteiger partial charge in [-0.2, -0.15) is 0 Å². The van der Waals surface area contributed by atoms with E-state index < -0.39 is 0 Å². The molecule has 18 heavy (non-hydrogen) atoms. The molecule has 0 saturated heterocycles. The first-order valence-corrected chi connectivity index (χ1v) is 7.12. The van der Waals surface area contributed by atoms with Crippen molar-refractivity contribution in [2.75, 3.05) is 0 Å². The highest BCUT2D eigenvalue weighted by molar-refractivity contribution is 5.76. The van der Waals surface area contributed by atoms with Crippen molar-refractivity contribution in [2.45, 2.75) is 59.0 Å². The zero-order valence-electron chi connectivity index (χ0n) is 11.7. The molecule has 2 aliphatic carbocycles. The number of rotatable bonds is 3. The normalized spacial score (nSPS) is 27.4. The van der Waals surface area contributed by atoms with Crippen LogP contribution >= 0.6 is 0 Å². The smallest absolute Gasteiger partial charge is 0.312 e. The molecule has 1 saturated carbocycles. The molecule has 0 N–H and O–H groups in total. The van der Waals surface area contributed by atoms with Gasteiger partial charge >= 0.3 is 5.97 Å². The number of ether oxygens (including phenoxy) is 1. The van der Waals surface area contributed by atoms with Crippen molar-refractivity contribution in [3.05, 3.63) is 23.8 Å². The second kappa shape index (κ2) is 5.29. The summed E-state index contributed by atoms with van der Waals surface area (Å²) >= 11 is 0. The molecule has 0 bridgehead atoms. The maximum absolute atomic E-state index is 12.2. The molecular weight excluding hydrogens is 224 g/mol. The Morgan fingerprint density at radius 1 is 1.44 bits per heavy atom. The predicted octanol–water partition coefficient (Wildman–Crippen LogP) is 4.02. The summed E-state index contributed by atoms with van der Waals surface area (Å²) in [6.45, 7) is 5.96. The Balaban J connectivity index is 2.06. The van der Waals surface area contributed by atoms with Crippen LogP contribution in [-0.4, -0.2) is 12.1 Å². The third kappa shape index (κ3) is 2.68. The van der Waals surface area contributed by atoms with Gasteiger partial charge in [0.25, 0.3) is 0 Å². The predicted molar refractivity (Wildman–Crippen MR) is 73.1 cm³/mol. The molecule has 2 unspecified atom stereocenters. The van der Waals surface area contributed by atoms with Crippen molar-refractivity contribution in [3.8, 4) is 0 Å². The van der Waals surface area contributed by atoms with Gasteiger partial charge in [-0.05, 0) is 57.4 Å². The zero-order chi connectivity index (χ0) is 13.2. The summed E-state index contributed by atoms with van der Waals surface area (Å²) in [5.41, 5.74) is 0.974. The van der Waals surface area contributed by atoms with E-state index in [-0.39, 0.29) is 17.5 Å². The Labute approximate surface area is 110 Å². The summed E-state index contributed by atoms with van der Waals surface area (Å²) in [4.78, 5) is 12.2. The van der Waals surface area contributed by atoms with Crippen LogP contribution in [0.3, 0.4) is 0 Å². The van der Waals surface area contributed by atoms with Crippen LogP contribution in [-0.2, 0) is 9.53 Å². The summed E-state index contributed by atoms with van der Waals surface area (Å²) in [5, 5.41) is 0. The molecule has 0 amide bonds. The number of carbonyl (C=O) groups is 1. The molecule has 2 nitrogen and oxygen atoms in total. The van der Waals surface area contributed by atoms with Crippen molar-refractivity contribution in [2.24, 2.45) is 11.3 Å². The molecular formula is C16H24O2. The lowest BCUT2D eigenvalue weighted by Gasteiger charge is -2.35. The van der Waals surface area contributed by atoms with Gasteiger partial charge in [0.15, 0.2) is 0 Å². The number of esters is 1. The van der Waals surface area contributed by atoms with Crippen LogP contribution in [0, 0.1) is 11.3 Å². The van der Waals surface area contributed by atoms with Crippen LogP contribution in [0.25, 0.3) is 0 Å². The van der Waals surface area contributed by atoms with Crippen molar-refractivity contribution < 1.29 is 9.53 Å². The molecule has 0 radical (unpaired) electrons. The van der Waals surface area contributed by atoms with Gasteiger partial charge < -0.3 is 4.74 Å². The first-order chi connectivity index (χ1) is 8.54. The minimum atomic E-state index is -0.363. The molecule has 0 aliphatic heterocycles. The average Bonchev–Trinajstić information content (AvgIpc) is 2.39. The molecule has 2 heteroatoms. The Morgan fingerprint density at radius 3 is 2.94 bits per heavy atom. The molecule has 1 fully saturated rings. The topological polar surface area (TPSA) is 26.3 Å². The summed E-state index contributed by atoms with van der Waals surface area (Å²) < 4.78 is 5.78. The summed E-state index contributed by atoms with van der Waals surface area (Å²) in [6, 6.07) is 0. The van der Waals surface area contributed by atoms with Crippen molar-refractivity contribution in [1.29, 1.82) is 0 Å². The molecule has 0 aromatic carbocycles. The average molecular weight is 248 g/mol. The monoisotopic (exact) mass is 248 g/mol. The lowest BCUT2D eigenvalue weighted by atomic mass is 9.78. The van der Waals surface area contributed by atoms with Gasteiger partial charge in [0.05, 0.1) is 5.41 Å². The number of hydrogen-bond acceptors (Lipinski definition) is 2. The zero-order valence-corrected chi connectivity index (χ0v) is 11.7. The van der Waals surface area contributed by atoms with Gasteiger partial charge in [-0.1, -0.05) is 25.2 Å². The summed E-state index contributed by atoms with van der Waals surface area (Å²) in [7, 11) is 0. The number of allylic oxidation sites excluding steroid dienone is 3. The molecule has 0 aromatic heterocycles. The van der Waals surface area contributed by atoms with Crippen LogP contribution in [0.1, 0.15) is 52.9 Å². The van der Waals surface area contributed by atoms with Gasteiger partial charge in [-0.25, -0.2) is 0 Å². The van der Waals surface area contributed by atoms with Crippen molar-refractivity contribution in [1.82, 2.24) is 0 Å². The Morgan fingerprint density at radius 2 is 2.22 bits per heavy atom. The summed E-state index contributed by atoms with van der Waals surface area (Å²) in [5.74, 6) is 0.553. The highest BCUT2D eigenvalue weighted by Gasteiger charge is 2.34. The molecule has 2 aliphatic rings. The fraction of sp³-hybridized carbons (Fsp3) is 0.688. The van der Waals surface area contributed by atoms with Crippen LogP contribution < -0.4 is 0 Å². The Hall–Kier alpha value is -1.05.